The van der Waals surface area contributed by atoms with Crippen LogP contribution in [-0.4, -0.2) is 41.8 Å². The lowest BCUT2D eigenvalue weighted by Gasteiger charge is -2.07. The van der Waals surface area contributed by atoms with Crippen LogP contribution in [0.1, 0.15) is 12.8 Å². The number of carboxylic acid groups (broad SMARTS) is 1. The molecular weight excluding hydrogens is 164 g/mol. The van der Waals surface area contributed by atoms with Gasteiger partial charge in [0, 0.05) is 13.0 Å². The molecule has 0 amide bonds. The van der Waals surface area contributed by atoms with Gasteiger partial charge in [-0.3, -0.25) is 0 Å². The summed E-state index contributed by atoms with van der Waals surface area (Å²) < 4.78 is 10.0. The van der Waals surface area contributed by atoms with Crippen LogP contribution < -0.4 is 0 Å². The molecule has 5 heteroatoms. The van der Waals surface area contributed by atoms with Gasteiger partial charge in [-0.15, -0.1) is 0 Å². The van der Waals surface area contributed by atoms with Crippen molar-refractivity contribution in [3.05, 3.63) is 0 Å². The molecule has 1 aliphatic rings. The topological polar surface area (TPSA) is 76.0 Å². The second-order valence-corrected chi connectivity index (χ2v) is 2.59. The highest BCUT2D eigenvalue weighted by Crippen LogP contribution is 2.15. The third-order valence-corrected chi connectivity index (χ3v) is 1.62. The Labute approximate surface area is 69.9 Å². The van der Waals surface area contributed by atoms with Gasteiger partial charge in [-0.25, -0.2) is 4.79 Å². The normalized spacial score (nSPS) is 29.1. The average molecular weight is 176 g/mol. The molecule has 1 heterocycles. The predicted molar refractivity (Wildman–Crippen MR) is 38.6 cm³/mol. The van der Waals surface area contributed by atoms with Crippen LogP contribution in [0.15, 0.2) is 0 Å². The first-order valence-electron chi connectivity index (χ1n) is 3.84. The number of hydrogen-bond donors (Lipinski definition) is 2. The fourth-order valence-electron chi connectivity index (χ4n) is 0.995. The third kappa shape index (κ3) is 2.44. The van der Waals surface area contributed by atoms with Gasteiger partial charge in [0.1, 0.15) is 0 Å². The summed E-state index contributed by atoms with van der Waals surface area (Å²) in [5.41, 5.74) is 0. The molecule has 1 rings (SSSR count). The van der Waals surface area contributed by atoms with Crippen LogP contribution in [0, 0.1) is 0 Å². The van der Waals surface area contributed by atoms with Gasteiger partial charge in [0.15, 0.2) is 12.4 Å². The van der Waals surface area contributed by atoms with Gasteiger partial charge in [-0.2, -0.15) is 0 Å². The summed E-state index contributed by atoms with van der Waals surface area (Å²) in [6.07, 6.45) is -0.191. The molecule has 2 unspecified atom stereocenters. The Morgan fingerprint density at radius 3 is 2.83 bits per heavy atom. The van der Waals surface area contributed by atoms with Crippen molar-refractivity contribution < 1.29 is 24.5 Å². The molecule has 12 heavy (non-hydrogen) atoms. The fourth-order valence-corrected chi connectivity index (χ4v) is 0.995. The third-order valence-electron chi connectivity index (χ3n) is 1.62. The molecule has 1 saturated heterocycles. The molecule has 0 bridgehead atoms. The lowest BCUT2D eigenvalue weighted by atomic mass is 10.3. The van der Waals surface area contributed by atoms with E-state index in [1.54, 1.807) is 0 Å². The van der Waals surface area contributed by atoms with Crippen LogP contribution in [0.2, 0.25) is 0 Å². The Hall–Kier alpha value is -0.650. The minimum atomic E-state index is -0.999. The van der Waals surface area contributed by atoms with Gasteiger partial charge >= 0.3 is 5.97 Å². The summed E-state index contributed by atoms with van der Waals surface area (Å²) in [6.45, 7) is 0.173. The van der Waals surface area contributed by atoms with Crippen LogP contribution in [-0.2, 0) is 14.3 Å². The van der Waals surface area contributed by atoms with Gasteiger partial charge in [0.2, 0.25) is 0 Å². The van der Waals surface area contributed by atoms with E-state index >= 15 is 0 Å². The number of hydrogen-bond acceptors (Lipinski definition) is 4. The number of aliphatic hydroxyl groups is 1. The molecule has 2 atom stereocenters. The number of carbonyl (C=O) groups is 1. The molecular formula is C7H12O5. The van der Waals surface area contributed by atoms with Crippen molar-refractivity contribution in [2.24, 2.45) is 0 Å². The van der Waals surface area contributed by atoms with E-state index in [-0.39, 0.29) is 13.2 Å². The van der Waals surface area contributed by atoms with Gasteiger partial charge in [0.05, 0.1) is 6.61 Å². The Morgan fingerprint density at radius 2 is 2.33 bits per heavy atom. The smallest absolute Gasteiger partial charge is 0.335 e. The van der Waals surface area contributed by atoms with Crippen molar-refractivity contribution in [2.75, 3.05) is 13.2 Å². The van der Waals surface area contributed by atoms with Gasteiger partial charge in [-0.1, -0.05) is 0 Å². The van der Waals surface area contributed by atoms with Crippen molar-refractivity contribution in [3.8, 4) is 0 Å². The van der Waals surface area contributed by atoms with Crippen LogP contribution in [0.25, 0.3) is 0 Å². The van der Waals surface area contributed by atoms with Gasteiger partial charge in [-0.05, 0) is 6.42 Å². The first-order valence-corrected chi connectivity index (χ1v) is 3.84. The summed E-state index contributed by atoms with van der Waals surface area (Å²) in [5.74, 6) is -0.999. The second kappa shape index (κ2) is 4.39. The van der Waals surface area contributed by atoms with Crippen LogP contribution >= 0.6 is 0 Å². The van der Waals surface area contributed by atoms with E-state index in [1.807, 2.05) is 0 Å². The van der Waals surface area contributed by atoms with Crippen LogP contribution in [0.3, 0.4) is 0 Å². The van der Waals surface area contributed by atoms with Crippen molar-refractivity contribution in [3.63, 3.8) is 0 Å². The second-order valence-electron chi connectivity index (χ2n) is 2.59. The van der Waals surface area contributed by atoms with Gasteiger partial charge in [0.25, 0.3) is 0 Å². The molecule has 2 N–H and O–H groups in total. The number of aliphatic carboxylic acids is 1. The Kier molecular flexibility index (Phi) is 3.46. The molecule has 0 radical (unpaired) electrons. The van der Waals surface area contributed by atoms with E-state index in [4.69, 9.17) is 19.7 Å². The molecule has 0 aromatic carbocycles. The zero-order valence-corrected chi connectivity index (χ0v) is 6.60. The highest BCUT2D eigenvalue weighted by molar-refractivity contribution is 5.72. The SMILES string of the molecule is O=C(O)C1COC(CCCO)O1. The lowest BCUT2D eigenvalue weighted by molar-refractivity contribution is -0.150. The molecule has 0 saturated carbocycles. The van der Waals surface area contributed by atoms with Gasteiger partial charge < -0.3 is 19.7 Å². The monoisotopic (exact) mass is 176 g/mol. The highest BCUT2D eigenvalue weighted by Gasteiger charge is 2.30. The highest BCUT2D eigenvalue weighted by atomic mass is 16.7. The van der Waals surface area contributed by atoms with E-state index in [0.717, 1.165) is 0 Å². The largest absolute Gasteiger partial charge is 0.479 e. The molecule has 5 nitrogen and oxygen atoms in total. The van der Waals surface area contributed by atoms with Crippen LogP contribution in [0.5, 0.6) is 0 Å². The van der Waals surface area contributed by atoms with E-state index < -0.39 is 18.4 Å². The maximum atomic E-state index is 10.4. The predicted octanol–water partition coefficient (Wildman–Crippen LogP) is -0.415. The average Bonchev–Trinajstić information content (AvgIpc) is 2.48. The summed E-state index contributed by atoms with van der Waals surface area (Å²) in [5, 5.41) is 17.0. The minimum Gasteiger partial charge on any atom is -0.479 e. The zero-order valence-electron chi connectivity index (χ0n) is 6.60. The first-order chi connectivity index (χ1) is 5.74. The Bertz CT molecular complexity index is 158. The van der Waals surface area contributed by atoms with E-state index in [2.05, 4.69) is 0 Å². The van der Waals surface area contributed by atoms with Crippen molar-refractivity contribution >= 4 is 5.97 Å². The Balaban J connectivity index is 2.21. The molecule has 0 aliphatic carbocycles. The fraction of sp³-hybridized carbons (Fsp3) is 0.857. The standard InChI is InChI=1S/C7H12O5/c8-3-1-2-6-11-4-5(12-6)7(9)10/h5-6,8H,1-4H2,(H,9,10). The quantitative estimate of drug-likeness (QED) is 0.608. The summed E-state index contributed by atoms with van der Waals surface area (Å²) in [7, 11) is 0. The summed E-state index contributed by atoms with van der Waals surface area (Å²) in [6, 6.07) is 0. The molecule has 0 aromatic heterocycles. The zero-order chi connectivity index (χ0) is 8.97. The van der Waals surface area contributed by atoms with Crippen molar-refractivity contribution in [1.29, 1.82) is 0 Å². The summed E-state index contributed by atoms with van der Waals surface area (Å²) >= 11 is 0. The summed E-state index contributed by atoms with van der Waals surface area (Å²) in [4.78, 5) is 10.4. The molecule has 1 aliphatic heterocycles. The van der Waals surface area contributed by atoms with E-state index in [9.17, 15) is 4.79 Å². The maximum absolute atomic E-state index is 10.4. The van der Waals surface area contributed by atoms with E-state index in [0.29, 0.717) is 12.8 Å². The number of rotatable bonds is 4. The Morgan fingerprint density at radius 1 is 1.58 bits per heavy atom. The van der Waals surface area contributed by atoms with Crippen molar-refractivity contribution in [2.45, 2.75) is 25.2 Å². The number of aliphatic hydroxyl groups excluding tert-OH is 1. The van der Waals surface area contributed by atoms with E-state index in [1.165, 1.54) is 0 Å². The molecule has 0 aromatic rings. The number of ether oxygens (including phenoxy) is 2. The minimum absolute atomic E-state index is 0.0704. The molecule has 70 valence electrons. The first kappa shape index (κ1) is 9.44. The van der Waals surface area contributed by atoms with Crippen LogP contribution in [0.4, 0.5) is 0 Å². The maximum Gasteiger partial charge on any atom is 0.335 e. The number of carboxylic acids is 1. The lowest BCUT2D eigenvalue weighted by Crippen LogP contribution is -2.22. The molecule has 1 fully saturated rings. The molecule has 0 spiro atoms. The van der Waals surface area contributed by atoms with Crippen molar-refractivity contribution in [1.82, 2.24) is 0 Å².